The Morgan fingerprint density at radius 3 is 2.32 bits per heavy atom. The zero-order chi connectivity index (χ0) is 28.3. The molecule has 1 aliphatic carbocycles. The van der Waals surface area contributed by atoms with E-state index in [1.165, 1.54) is 23.3 Å². The van der Waals surface area contributed by atoms with E-state index in [1.54, 1.807) is 18.2 Å². The van der Waals surface area contributed by atoms with Crippen molar-refractivity contribution in [2.75, 3.05) is 18.1 Å². The lowest BCUT2D eigenvalue weighted by Crippen LogP contribution is -2.39. The number of ether oxygens (including phenoxy) is 1. The quantitative estimate of drug-likeness (QED) is 0.163. The molecular weight excluding hydrogens is 516 g/mol. The second-order valence-corrected chi connectivity index (χ2v) is 10.3. The van der Waals surface area contributed by atoms with Crippen LogP contribution < -0.4 is 10.2 Å². The van der Waals surface area contributed by atoms with Crippen molar-refractivity contribution >= 4 is 29.3 Å². The van der Waals surface area contributed by atoms with Gasteiger partial charge >= 0.3 is 5.97 Å². The lowest BCUT2D eigenvalue weighted by Gasteiger charge is -2.16. The summed E-state index contributed by atoms with van der Waals surface area (Å²) in [6.45, 7) is 0.190. The van der Waals surface area contributed by atoms with Crippen LogP contribution in [0.3, 0.4) is 0 Å². The summed E-state index contributed by atoms with van der Waals surface area (Å²) in [5, 5.41) is 3.18. The molecule has 2 amide bonds. The van der Waals surface area contributed by atoms with Gasteiger partial charge in [-0.1, -0.05) is 66.7 Å². The maximum atomic E-state index is 12.9. The predicted molar refractivity (Wildman–Crippen MR) is 155 cm³/mol. The number of benzene rings is 4. The van der Waals surface area contributed by atoms with E-state index in [0.717, 1.165) is 34.4 Å². The monoisotopic (exact) mass is 544 g/mol. The topological polar surface area (TPSA) is 92.8 Å². The first kappa shape index (κ1) is 26.3. The molecule has 1 aliphatic heterocycles. The van der Waals surface area contributed by atoms with Gasteiger partial charge in [0.2, 0.25) is 5.91 Å². The van der Waals surface area contributed by atoms with E-state index < -0.39 is 12.0 Å². The van der Waals surface area contributed by atoms with Crippen LogP contribution in [0.25, 0.3) is 11.1 Å². The number of fused-ring (bicyclic) bond motifs is 3. The molecular formula is C34H28N2O5. The van der Waals surface area contributed by atoms with Crippen LogP contribution in [0, 0.1) is 0 Å². The van der Waals surface area contributed by atoms with Gasteiger partial charge in [-0.3, -0.25) is 14.4 Å². The molecule has 4 aromatic carbocycles. The first-order valence-electron chi connectivity index (χ1n) is 13.6. The van der Waals surface area contributed by atoms with Crippen LogP contribution in [0.1, 0.15) is 43.8 Å². The molecule has 0 saturated carbocycles. The first-order valence-corrected chi connectivity index (χ1v) is 13.6. The van der Waals surface area contributed by atoms with E-state index in [9.17, 15) is 19.2 Å². The predicted octanol–water partition coefficient (Wildman–Crippen LogP) is 4.76. The van der Waals surface area contributed by atoms with Gasteiger partial charge in [0.25, 0.3) is 5.91 Å². The standard InChI is InChI=1S/C34H28N2O5/c37-31(25-12-15-29-26(19-25)18-24-8-4-5-9-28(24)29)21-41-34(40)23-10-13-27(14-11-23)36-32(38)20-30(33(36)39)35-17-16-22-6-2-1-3-7-22/h1-15,19,30,35H,16-18,20-21H2. The molecule has 1 saturated heterocycles. The Hall–Kier alpha value is -4.88. The van der Waals surface area contributed by atoms with Gasteiger partial charge in [-0.15, -0.1) is 0 Å². The number of anilines is 1. The number of carbonyl (C=O) groups excluding carboxylic acids is 4. The molecule has 0 bridgehead atoms. The maximum Gasteiger partial charge on any atom is 0.338 e. The lowest BCUT2D eigenvalue weighted by molar-refractivity contribution is -0.121. The lowest BCUT2D eigenvalue weighted by atomic mass is 10.0. The minimum atomic E-state index is -0.655. The van der Waals surface area contributed by atoms with Crippen LogP contribution in [0.15, 0.2) is 97.1 Å². The highest BCUT2D eigenvalue weighted by atomic mass is 16.5. The van der Waals surface area contributed by atoms with Crippen LogP contribution in [-0.4, -0.2) is 42.8 Å². The van der Waals surface area contributed by atoms with Crippen LogP contribution in [0.4, 0.5) is 5.69 Å². The molecule has 0 spiro atoms. The van der Waals surface area contributed by atoms with E-state index in [4.69, 9.17) is 4.74 Å². The largest absolute Gasteiger partial charge is 0.454 e. The summed E-state index contributed by atoms with van der Waals surface area (Å²) in [4.78, 5) is 52.1. The summed E-state index contributed by atoms with van der Waals surface area (Å²) >= 11 is 0. The summed E-state index contributed by atoms with van der Waals surface area (Å²) in [5.41, 5.74) is 6.88. The number of esters is 1. The highest BCUT2D eigenvalue weighted by molar-refractivity contribution is 6.22. The Morgan fingerprint density at radius 2 is 1.51 bits per heavy atom. The Kier molecular flexibility index (Phi) is 7.27. The van der Waals surface area contributed by atoms with Gasteiger partial charge in [0.1, 0.15) is 0 Å². The van der Waals surface area contributed by atoms with Crippen molar-refractivity contribution in [2.24, 2.45) is 0 Å². The molecule has 0 radical (unpaired) electrons. The Bertz CT molecular complexity index is 1650. The third-order valence-electron chi connectivity index (χ3n) is 7.61. The summed E-state index contributed by atoms with van der Waals surface area (Å²) in [7, 11) is 0. The van der Waals surface area contributed by atoms with E-state index in [0.29, 0.717) is 17.8 Å². The van der Waals surface area contributed by atoms with E-state index >= 15 is 0 Å². The zero-order valence-electron chi connectivity index (χ0n) is 22.3. The SMILES string of the molecule is O=C(COC(=O)c1ccc(N2C(=O)CC(NCCc3ccccc3)C2=O)cc1)c1ccc2c(c1)Cc1ccccc1-2. The fourth-order valence-corrected chi connectivity index (χ4v) is 5.46. The molecule has 2 aliphatic rings. The highest BCUT2D eigenvalue weighted by Gasteiger charge is 2.39. The fraction of sp³-hybridized carbons (Fsp3) is 0.176. The Balaban J connectivity index is 1.03. The third-order valence-corrected chi connectivity index (χ3v) is 7.61. The van der Waals surface area contributed by atoms with Crippen LogP contribution in [-0.2, 0) is 27.2 Å². The smallest absolute Gasteiger partial charge is 0.338 e. The number of hydrogen-bond donors (Lipinski definition) is 1. The molecule has 1 N–H and O–H groups in total. The van der Waals surface area contributed by atoms with Gasteiger partial charge in [0, 0.05) is 5.56 Å². The van der Waals surface area contributed by atoms with Crippen molar-refractivity contribution in [2.45, 2.75) is 25.3 Å². The maximum absolute atomic E-state index is 12.9. The molecule has 204 valence electrons. The Labute approximate surface area is 237 Å². The summed E-state index contributed by atoms with van der Waals surface area (Å²) in [5.74, 6) is -1.56. The minimum Gasteiger partial charge on any atom is -0.454 e. The van der Waals surface area contributed by atoms with E-state index in [-0.39, 0.29) is 36.2 Å². The number of hydrogen-bond acceptors (Lipinski definition) is 6. The molecule has 41 heavy (non-hydrogen) atoms. The van der Waals surface area contributed by atoms with Crippen molar-refractivity contribution in [3.8, 4) is 11.1 Å². The molecule has 1 heterocycles. The van der Waals surface area contributed by atoms with Crippen molar-refractivity contribution in [1.82, 2.24) is 5.32 Å². The van der Waals surface area contributed by atoms with Crippen molar-refractivity contribution in [3.05, 3.63) is 125 Å². The van der Waals surface area contributed by atoms with Gasteiger partial charge in [-0.05, 0) is 77.5 Å². The number of rotatable bonds is 9. The summed E-state index contributed by atoms with van der Waals surface area (Å²) < 4.78 is 5.28. The number of carbonyl (C=O) groups is 4. The van der Waals surface area contributed by atoms with Crippen molar-refractivity contribution in [3.63, 3.8) is 0 Å². The van der Waals surface area contributed by atoms with Gasteiger partial charge in [-0.2, -0.15) is 0 Å². The number of nitrogens with one attached hydrogen (secondary N) is 1. The molecule has 6 rings (SSSR count). The number of ketones is 1. The number of amides is 2. The van der Waals surface area contributed by atoms with E-state index in [2.05, 4.69) is 17.4 Å². The molecule has 7 nitrogen and oxygen atoms in total. The number of imide groups is 1. The second-order valence-electron chi connectivity index (χ2n) is 10.3. The average Bonchev–Trinajstić information content (AvgIpc) is 3.51. The van der Waals surface area contributed by atoms with Gasteiger partial charge in [0.15, 0.2) is 12.4 Å². The molecule has 7 heteroatoms. The number of nitrogens with zero attached hydrogens (tertiary/aromatic N) is 1. The van der Waals surface area contributed by atoms with Crippen molar-refractivity contribution < 1.29 is 23.9 Å². The molecule has 1 unspecified atom stereocenters. The van der Waals surface area contributed by atoms with Gasteiger partial charge < -0.3 is 10.1 Å². The van der Waals surface area contributed by atoms with Crippen molar-refractivity contribution in [1.29, 1.82) is 0 Å². The Morgan fingerprint density at radius 1 is 0.805 bits per heavy atom. The third kappa shape index (κ3) is 5.44. The minimum absolute atomic E-state index is 0.0777. The average molecular weight is 545 g/mol. The number of Topliss-reactive ketones (excluding diaryl/α,β-unsaturated/α-hetero) is 1. The summed E-state index contributed by atoms with van der Waals surface area (Å²) in [6, 6.07) is 29.1. The van der Waals surface area contributed by atoms with Crippen LogP contribution in [0.5, 0.6) is 0 Å². The normalized spacial score (nSPS) is 15.5. The first-order chi connectivity index (χ1) is 20.0. The van der Waals surface area contributed by atoms with Gasteiger partial charge in [-0.25, -0.2) is 9.69 Å². The molecule has 4 aromatic rings. The van der Waals surface area contributed by atoms with Crippen LogP contribution in [0.2, 0.25) is 0 Å². The summed E-state index contributed by atoms with van der Waals surface area (Å²) in [6.07, 6.45) is 1.60. The molecule has 1 fully saturated rings. The highest BCUT2D eigenvalue weighted by Crippen LogP contribution is 2.36. The molecule has 1 atom stereocenters. The van der Waals surface area contributed by atoms with Gasteiger partial charge in [0.05, 0.1) is 23.7 Å². The second kappa shape index (κ2) is 11.3. The molecule has 0 aromatic heterocycles. The fourth-order valence-electron chi connectivity index (χ4n) is 5.46. The van der Waals surface area contributed by atoms with E-state index in [1.807, 2.05) is 54.6 Å². The zero-order valence-corrected chi connectivity index (χ0v) is 22.3. The van der Waals surface area contributed by atoms with Crippen LogP contribution >= 0.6 is 0 Å².